The van der Waals surface area contributed by atoms with Crippen molar-refractivity contribution in [2.45, 2.75) is 64.5 Å². The average molecular weight is 309 g/mol. The van der Waals surface area contributed by atoms with E-state index in [4.69, 9.17) is 5.11 Å². The van der Waals surface area contributed by atoms with Gasteiger partial charge in [-0.05, 0) is 43.0 Å². The minimum atomic E-state index is -0.622. The molecular weight excluding hydrogens is 282 g/mol. The van der Waals surface area contributed by atoms with Crippen LogP contribution in [0.2, 0.25) is 0 Å². The lowest BCUT2D eigenvalue weighted by Gasteiger charge is -2.33. The minimum absolute atomic E-state index is 0.128. The van der Waals surface area contributed by atoms with Gasteiger partial charge in [0.15, 0.2) is 0 Å². The fraction of sp³-hybridized carbons (Fsp3) is 0.706. The van der Waals surface area contributed by atoms with Gasteiger partial charge in [-0.25, -0.2) is 0 Å². The van der Waals surface area contributed by atoms with Gasteiger partial charge in [0.25, 0.3) is 0 Å². The van der Waals surface area contributed by atoms with Crippen LogP contribution in [0.5, 0.6) is 0 Å². The second kappa shape index (κ2) is 7.95. The van der Waals surface area contributed by atoms with Gasteiger partial charge >= 0.3 is 5.97 Å². The molecule has 1 aliphatic rings. The van der Waals surface area contributed by atoms with Crippen molar-refractivity contribution in [2.75, 3.05) is 0 Å². The number of thiophene rings is 1. The minimum Gasteiger partial charge on any atom is -0.481 e. The number of carboxylic acid groups (broad SMARTS) is 1. The molecule has 1 aliphatic carbocycles. The third-order valence-electron chi connectivity index (χ3n) is 4.86. The van der Waals surface area contributed by atoms with Crippen LogP contribution in [0.15, 0.2) is 17.5 Å². The molecule has 1 aromatic rings. The Morgan fingerprint density at radius 2 is 2.00 bits per heavy atom. The van der Waals surface area contributed by atoms with Crippen molar-refractivity contribution >= 4 is 17.3 Å². The zero-order valence-electron chi connectivity index (χ0n) is 13.0. The van der Waals surface area contributed by atoms with Gasteiger partial charge in [-0.2, -0.15) is 0 Å². The first-order valence-electron chi connectivity index (χ1n) is 8.17. The molecule has 1 atom stereocenters. The number of rotatable bonds is 7. The summed E-state index contributed by atoms with van der Waals surface area (Å²) >= 11 is 1.83. The van der Waals surface area contributed by atoms with E-state index in [0.717, 1.165) is 25.7 Å². The molecule has 2 N–H and O–H groups in total. The van der Waals surface area contributed by atoms with E-state index in [1.165, 1.54) is 17.7 Å². The summed E-state index contributed by atoms with van der Waals surface area (Å²) in [5.74, 6) is -0.0968. The Labute approximate surface area is 131 Å². The molecule has 1 saturated carbocycles. The third kappa shape index (κ3) is 4.30. The molecule has 0 bridgehead atoms. The Bertz CT molecular complexity index is 420. The highest BCUT2D eigenvalue weighted by Crippen LogP contribution is 2.33. The smallest absolute Gasteiger partial charge is 0.306 e. The first-order chi connectivity index (χ1) is 10.2. The van der Waals surface area contributed by atoms with E-state index in [9.17, 15) is 4.79 Å². The Hall–Kier alpha value is -0.870. The molecule has 1 unspecified atom stereocenters. The van der Waals surface area contributed by atoms with Crippen molar-refractivity contribution < 1.29 is 9.90 Å². The number of carboxylic acids is 1. The fourth-order valence-electron chi connectivity index (χ4n) is 3.44. The quantitative estimate of drug-likeness (QED) is 0.782. The molecule has 118 valence electrons. The summed E-state index contributed by atoms with van der Waals surface area (Å²) in [6.07, 6.45) is 5.95. The third-order valence-corrected chi connectivity index (χ3v) is 5.82. The fourth-order valence-corrected chi connectivity index (χ4v) is 4.32. The summed E-state index contributed by atoms with van der Waals surface area (Å²) in [5, 5.41) is 15.1. The molecule has 1 aromatic heterocycles. The lowest BCUT2D eigenvalue weighted by molar-refractivity contribution is -0.142. The molecule has 0 spiro atoms. The number of aliphatic carboxylic acids is 1. The van der Waals surface area contributed by atoms with E-state index in [1.807, 2.05) is 11.3 Å². The highest BCUT2D eigenvalue weighted by molar-refractivity contribution is 7.10. The monoisotopic (exact) mass is 309 g/mol. The Kier molecular flexibility index (Phi) is 6.24. The van der Waals surface area contributed by atoms with Gasteiger partial charge in [0.2, 0.25) is 0 Å². The lowest BCUT2D eigenvalue weighted by Crippen LogP contribution is -2.39. The van der Waals surface area contributed by atoms with Crippen molar-refractivity contribution in [3.63, 3.8) is 0 Å². The molecule has 0 aromatic carbocycles. The molecule has 3 nitrogen and oxygen atoms in total. The second-order valence-electron chi connectivity index (χ2n) is 6.12. The maximum absolute atomic E-state index is 11.1. The zero-order valence-corrected chi connectivity index (χ0v) is 13.9. The summed E-state index contributed by atoms with van der Waals surface area (Å²) in [6, 6.07) is 5.24. The topological polar surface area (TPSA) is 49.3 Å². The highest BCUT2D eigenvalue weighted by Gasteiger charge is 2.29. The molecule has 2 rings (SSSR count). The average Bonchev–Trinajstić information content (AvgIpc) is 3.02. The van der Waals surface area contributed by atoms with E-state index in [2.05, 4.69) is 36.7 Å². The predicted octanol–water partition coefficient (Wildman–Crippen LogP) is 4.46. The summed E-state index contributed by atoms with van der Waals surface area (Å²) in [5.41, 5.74) is 0. The first kappa shape index (κ1) is 16.5. The van der Waals surface area contributed by atoms with Gasteiger partial charge in [0.1, 0.15) is 0 Å². The van der Waals surface area contributed by atoms with Crippen LogP contribution >= 0.6 is 11.3 Å². The molecule has 4 heteroatoms. The van der Waals surface area contributed by atoms with Crippen molar-refractivity contribution in [2.24, 2.45) is 11.8 Å². The number of hydrogen-bond donors (Lipinski definition) is 2. The SMILES string of the molecule is CCC(CC)C(NC1CCC(C(=O)O)CC1)c1cccs1. The lowest BCUT2D eigenvalue weighted by atomic mass is 9.84. The van der Waals surface area contributed by atoms with Crippen molar-refractivity contribution in [1.29, 1.82) is 0 Å². The molecule has 0 amide bonds. The van der Waals surface area contributed by atoms with E-state index in [1.54, 1.807) is 0 Å². The van der Waals surface area contributed by atoms with Crippen LogP contribution in [0.1, 0.15) is 63.3 Å². The second-order valence-corrected chi connectivity index (χ2v) is 7.10. The van der Waals surface area contributed by atoms with E-state index in [0.29, 0.717) is 18.0 Å². The summed E-state index contributed by atoms with van der Waals surface area (Å²) in [4.78, 5) is 12.5. The van der Waals surface area contributed by atoms with E-state index < -0.39 is 5.97 Å². The predicted molar refractivity (Wildman–Crippen MR) is 87.6 cm³/mol. The van der Waals surface area contributed by atoms with Gasteiger partial charge in [-0.15, -0.1) is 11.3 Å². The molecule has 0 saturated heterocycles. The Morgan fingerprint density at radius 3 is 2.48 bits per heavy atom. The molecule has 21 heavy (non-hydrogen) atoms. The van der Waals surface area contributed by atoms with Crippen LogP contribution < -0.4 is 5.32 Å². The number of nitrogens with one attached hydrogen (secondary N) is 1. The molecule has 0 aliphatic heterocycles. The highest BCUT2D eigenvalue weighted by atomic mass is 32.1. The van der Waals surface area contributed by atoms with Crippen LogP contribution in [0.3, 0.4) is 0 Å². The van der Waals surface area contributed by atoms with Crippen molar-refractivity contribution in [3.05, 3.63) is 22.4 Å². The molecule has 1 heterocycles. The van der Waals surface area contributed by atoms with Crippen molar-refractivity contribution in [3.8, 4) is 0 Å². The van der Waals surface area contributed by atoms with Crippen LogP contribution in [0, 0.1) is 11.8 Å². The van der Waals surface area contributed by atoms with Gasteiger partial charge < -0.3 is 10.4 Å². The van der Waals surface area contributed by atoms with E-state index in [-0.39, 0.29) is 5.92 Å². The normalized spacial score (nSPS) is 24.1. The first-order valence-corrected chi connectivity index (χ1v) is 9.05. The summed E-state index contributed by atoms with van der Waals surface area (Å²) in [7, 11) is 0. The largest absolute Gasteiger partial charge is 0.481 e. The van der Waals surface area contributed by atoms with E-state index >= 15 is 0 Å². The van der Waals surface area contributed by atoms with Gasteiger partial charge in [0.05, 0.1) is 5.92 Å². The summed E-state index contributed by atoms with van der Waals surface area (Å²) < 4.78 is 0. The van der Waals surface area contributed by atoms with Gasteiger partial charge in [0, 0.05) is 17.0 Å². The van der Waals surface area contributed by atoms with Crippen LogP contribution in [0.25, 0.3) is 0 Å². The van der Waals surface area contributed by atoms with Crippen molar-refractivity contribution in [1.82, 2.24) is 5.32 Å². The number of hydrogen-bond acceptors (Lipinski definition) is 3. The Balaban J connectivity index is 1.98. The Morgan fingerprint density at radius 1 is 1.33 bits per heavy atom. The van der Waals surface area contributed by atoms with Crippen LogP contribution in [0.4, 0.5) is 0 Å². The maximum atomic E-state index is 11.1. The van der Waals surface area contributed by atoms with Crippen LogP contribution in [-0.4, -0.2) is 17.1 Å². The molecule has 0 radical (unpaired) electrons. The maximum Gasteiger partial charge on any atom is 0.306 e. The zero-order chi connectivity index (χ0) is 15.2. The summed E-state index contributed by atoms with van der Waals surface area (Å²) in [6.45, 7) is 4.52. The molecular formula is C17H27NO2S. The number of carbonyl (C=O) groups is 1. The van der Waals surface area contributed by atoms with Gasteiger partial charge in [-0.3, -0.25) is 4.79 Å². The molecule has 1 fully saturated rings. The van der Waals surface area contributed by atoms with Crippen LogP contribution in [-0.2, 0) is 4.79 Å². The van der Waals surface area contributed by atoms with Gasteiger partial charge in [-0.1, -0.05) is 32.8 Å². The standard InChI is InChI=1S/C17H27NO2S/c1-3-12(4-2)16(15-6-5-11-21-15)18-14-9-7-13(8-10-14)17(19)20/h5-6,11-14,16,18H,3-4,7-10H2,1-2H3,(H,19,20).